The number of anilines is 1. The number of methoxy groups -OCH3 is 1. The van der Waals surface area contributed by atoms with Gasteiger partial charge in [-0.15, -0.1) is 0 Å². The maximum absolute atomic E-state index is 12.4. The van der Waals surface area contributed by atoms with Crippen LogP contribution in [0, 0.1) is 3.57 Å². The van der Waals surface area contributed by atoms with Crippen LogP contribution in [0.3, 0.4) is 0 Å². The van der Waals surface area contributed by atoms with Crippen molar-refractivity contribution in [2.75, 3.05) is 25.6 Å². The van der Waals surface area contributed by atoms with E-state index < -0.39 is 5.91 Å². The molecule has 1 fully saturated rings. The lowest BCUT2D eigenvalue weighted by Gasteiger charge is -2.23. The molecule has 0 saturated carbocycles. The first kappa shape index (κ1) is 21.0. The van der Waals surface area contributed by atoms with Crippen molar-refractivity contribution in [3.63, 3.8) is 0 Å². The fourth-order valence-corrected chi connectivity index (χ4v) is 4.40. The summed E-state index contributed by atoms with van der Waals surface area (Å²) in [6.45, 7) is 2.68. The Bertz CT molecular complexity index is 990. The number of benzene rings is 1. The Morgan fingerprint density at radius 3 is 2.90 bits per heavy atom. The number of amides is 2. The Balaban J connectivity index is 1.47. The van der Waals surface area contributed by atoms with Crippen molar-refractivity contribution in [3.05, 3.63) is 63.0 Å². The highest BCUT2D eigenvalue weighted by atomic mass is 127. The first-order chi connectivity index (χ1) is 14.5. The summed E-state index contributed by atoms with van der Waals surface area (Å²) in [6, 6.07) is 9.82. The minimum absolute atomic E-state index is 0.375. The molecule has 156 valence electrons. The quantitative estimate of drug-likeness (QED) is 0.348. The number of carbonyl (C=O) groups excluding carboxylic acids is 2. The number of hydrogen-bond acceptors (Lipinski definition) is 6. The van der Waals surface area contributed by atoms with E-state index in [0.717, 1.165) is 28.8 Å². The van der Waals surface area contributed by atoms with Crippen molar-refractivity contribution in [1.29, 1.82) is 0 Å². The molecule has 2 aliphatic heterocycles. The minimum atomic E-state index is -0.420. The number of fused-ring (bicyclic) bond motifs is 1. The Morgan fingerprint density at radius 2 is 2.13 bits per heavy atom. The van der Waals surface area contributed by atoms with Crippen molar-refractivity contribution in [3.8, 4) is 0 Å². The van der Waals surface area contributed by atoms with E-state index in [1.54, 1.807) is 19.4 Å². The van der Waals surface area contributed by atoms with E-state index in [-0.39, 0.29) is 5.91 Å². The molecule has 0 bridgehead atoms. The molecule has 8 heteroatoms. The van der Waals surface area contributed by atoms with E-state index in [1.807, 2.05) is 30.5 Å². The molecule has 2 aliphatic rings. The maximum Gasteiger partial charge on any atom is 0.260 e. The summed E-state index contributed by atoms with van der Waals surface area (Å²) >= 11 is 2.17. The standard InChI is InChI=1S/C22H23IN4O3/c1-30-13-16-3-2-8-27(16)12-14-4-7-20(24-10-14)25-11-19-18-9-15(23)5-6-17(18)21(28)26-22(19)29/h4-7,9-11,16H,2-3,8,12-13H2,1H3,(H,24,25)(H,26,28,29)/t16-/m0/s1. The number of pyridine rings is 1. The molecule has 30 heavy (non-hydrogen) atoms. The number of carbonyl (C=O) groups is 2. The number of nitrogens with one attached hydrogen (secondary N) is 2. The summed E-state index contributed by atoms with van der Waals surface area (Å²) in [5, 5.41) is 5.47. The van der Waals surface area contributed by atoms with E-state index >= 15 is 0 Å². The van der Waals surface area contributed by atoms with Gasteiger partial charge in [-0.05, 0) is 71.8 Å². The van der Waals surface area contributed by atoms with E-state index in [2.05, 4.69) is 43.1 Å². The Morgan fingerprint density at radius 1 is 1.27 bits per heavy atom. The second-order valence-corrected chi connectivity index (χ2v) is 8.69. The van der Waals surface area contributed by atoms with Gasteiger partial charge in [-0.1, -0.05) is 6.07 Å². The first-order valence-electron chi connectivity index (χ1n) is 9.85. The number of aromatic nitrogens is 1. The van der Waals surface area contributed by atoms with Gasteiger partial charge in [0.25, 0.3) is 11.8 Å². The molecule has 2 amide bonds. The number of hydrogen-bond donors (Lipinski definition) is 2. The number of ether oxygens (including phenoxy) is 1. The molecular weight excluding hydrogens is 495 g/mol. The zero-order chi connectivity index (χ0) is 21.1. The lowest BCUT2D eigenvalue weighted by atomic mass is 9.96. The highest BCUT2D eigenvalue weighted by Gasteiger charge is 2.27. The number of likely N-dealkylation sites (tertiary alicyclic amines) is 1. The van der Waals surface area contributed by atoms with Gasteiger partial charge in [0, 0.05) is 46.8 Å². The third kappa shape index (κ3) is 4.55. The highest BCUT2D eigenvalue weighted by Crippen LogP contribution is 2.26. The molecule has 1 aromatic heterocycles. The molecule has 1 saturated heterocycles. The number of nitrogens with zero attached hydrogens (tertiary/aromatic N) is 2. The van der Waals surface area contributed by atoms with E-state index in [4.69, 9.17) is 4.74 Å². The predicted molar refractivity (Wildman–Crippen MR) is 123 cm³/mol. The second-order valence-electron chi connectivity index (χ2n) is 7.45. The molecule has 4 rings (SSSR count). The third-order valence-electron chi connectivity index (χ3n) is 5.42. The van der Waals surface area contributed by atoms with E-state index in [9.17, 15) is 9.59 Å². The molecule has 1 aromatic carbocycles. The molecule has 3 heterocycles. The number of imide groups is 1. The fraction of sp³-hybridized carbons (Fsp3) is 0.318. The van der Waals surface area contributed by atoms with Gasteiger partial charge in [0.1, 0.15) is 5.82 Å². The Labute approximate surface area is 189 Å². The zero-order valence-corrected chi connectivity index (χ0v) is 18.8. The van der Waals surface area contributed by atoms with Gasteiger partial charge < -0.3 is 10.1 Å². The SMILES string of the molecule is COC[C@@H]1CCCN1Cc1ccc(NC=C2C(=O)NC(=O)c3ccc(I)cc32)nc1. The van der Waals surface area contributed by atoms with Crippen LogP contribution in [0.15, 0.2) is 42.7 Å². The lowest BCUT2D eigenvalue weighted by molar-refractivity contribution is -0.114. The summed E-state index contributed by atoms with van der Waals surface area (Å²) in [5.74, 6) is -0.158. The molecule has 2 aromatic rings. The van der Waals surface area contributed by atoms with Gasteiger partial charge in [0.2, 0.25) is 0 Å². The first-order valence-corrected chi connectivity index (χ1v) is 10.9. The van der Waals surface area contributed by atoms with Crippen LogP contribution in [0.4, 0.5) is 5.82 Å². The second kappa shape index (κ2) is 9.23. The van der Waals surface area contributed by atoms with Crippen molar-refractivity contribution >= 4 is 45.8 Å². The molecule has 7 nitrogen and oxygen atoms in total. The average Bonchev–Trinajstić information content (AvgIpc) is 3.16. The van der Waals surface area contributed by atoms with Crippen LogP contribution in [-0.4, -0.2) is 48.0 Å². The van der Waals surface area contributed by atoms with Gasteiger partial charge in [0.15, 0.2) is 0 Å². The minimum Gasteiger partial charge on any atom is -0.383 e. The van der Waals surface area contributed by atoms with E-state index in [1.165, 1.54) is 12.8 Å². The van der Waals surface area contributed by atoms with E-state index in [0.29, 0.717) is 28.6 Å². The fourth-order valence-electron chi connectivity index (χ4n) is 3.91. The van der Waals surface area contributed by atoms with Crippen LogP contribution in [0.2, 0.25) is 0 Å². The van der Waals surface area contributed by atoms with Crippen LogP contribution < -0.4 is 10.6 Å². The molecular formula is C22H23IN4O3. The maximum atomic E-state index is 12.4. The van der Waals surface area contributed by atoms with Gasteiger partial charge in [0.05, 0.1) is 12.2 Å². The third-order valence-corrected chi connectivity index (χ3v) is 6.09. The normalized spacial score (nSPS) is 20.3. The summed E-state index contributed by atoms with van der Waals surface area (Å²) in [5.41, 5.74) is 2.66. The molecule has 1 atom stereocenters. The van der Waals surface area contributed by atoms with Crippen LogP contribution in [0.25, 0.3) is 5.57 Å². The molecule has 0 radical (unpaired) electrons. The summed E-state index contributed by atoms with van der Waals surface area (Å²) in [6.07, 6.45) is 5.82. The average molecular weight is 518 g/mol. The van der Waals surface area contributed by atoms with Crippen LogP contribution >= 0.6 is 22.6 Å². The molecule has 0 aliphatic carbocycles. The summed E-state index contributed by atoms with van der Waals surface area (Å²) in [4.78, 5) is 31.3. The van der Waals surface area contributed by atoms with Crippen molar-refractivity contribution in [2.24, 2.45) is 0 Å². The van der Waals surface area contributed by atoms with Crippen molar-refractivity contribution in [2.45, 2.75) is 25.4 Å². The smallest absolute Gasteiger partial charge is 0.260 e. The van der Waals surface area contributed by atoms with Crippen molar-refractivity contribution in [1.82, 2.24) is 15.2 Å². The molecule has 0 unspecified atom stereocenters. The van der Waals surface area contributed by atoms with Crippen LogP contribution in [0.1, 0.15) is 34.3 Å². The topological polar surface area (TPSA) is 83.6 Å². The molecule has 0 spiro atoms. The number of rotatable bonds is 6. The zero-order valence-electron chi connectivity index (χ0n) is 16.7. The Hall–Kier alpha value is -2.30. The van der Waals surface area contributed by atoms with Gasteiger partial charge in [-0.2, -0.15) is 0 Å². The van der Waals surface area contributed by atoms with Gasteiger partial charge in [-0.25, -0.2) is 4.98 Å². The van der Waals surface area contributed by atoms with Gasteiger partial charge >= 0.3 is 0 Å². The van der Waals surface area contributed by atoms with Crippen molar-refractivity contribution < 1.29 is 14.3 Å². The molecule has 2 N–H and O–H groups in total. The largest absolute Gasteiger partial charge is 0.383 e. The van der Waals surface area contributed by atoms with Crippen LogP contribution in [-0.2, 0) is 16.1 Å². The number of halogens is 1. The van der Waals surface area contributed by atoms with Gasteiger partial charge in [-0.3, -0.25) is 19.8 Å². The Kier molecular flexibility index (Phi) is 6.45. The van der Waals surface area contributed by atoms with Crippen LogP contribution in [0.5, 0.6) is 0 Å². The monoisotopic (exact) mass is 518 g/mol. The summed E-state index contributed by atoms with van der Waals surface area (Å²) < 4.78 is 6.28. The predicted octanol–water partition coefficient (Wildman–Crippen LogP) is 3.02. The summed E-state index contributed by atoms with van der Waals surface area (Å²) in [7, 11) is 1.74. The lowest BCUT2D eigenvalue weighted by Crippen LogP contribution is -2.36. The highest BCUT2D eigenvalue weighted by molar-refractivity contribution is 14.1.